The van der Waals surface area contributed by atoms with Crippen molar-refractivity contribution in [2.24, 2.45) is 5.92 Å². The van der Waals surface area contributed by atoms with Gasteiger partial charge < -0.3 is 0 Å². The number of nitrogens with one attached hydrogen (secondary N) is 1. The Labute approximate surface area is 120 Å². The molecule has 0 radical (unpaired) electrons. The molecule has 1 aliphatic heterocycles. The fourth-order valence-electron chi connectivity index (χ4n) is 2.73. The molecule has 0 aromatic heterocycles. The molecule has 8 heteroatoms. The third-order valence-corrected chi connectivity index (χ3v) is 8.02. The summed E-state index contributed by atoms with van der Waals surface area (Å²) >= 11 is 5.99. The van der Waals surface area contributed by atoms with Gasteiger partial charge in [0.2, 0.25) is 10.0 Å². The van der Waals surface area contributed by atoms with Gasteiger partial charge in [0.25, 0.3) is 0 Å². The highest BCUT2D eigenvalue weighted by Crippen LogP contribution is 2.29. The van der Waals surface area contributed by atoms with E-state index >= 15 is 0 Å². The van der Waals surface area contributed by atoms with Crippen molar-refractivity contribution in [1.82, 2.24) is 4.72 Å². The maximum atomic E-state index is 12.1. The van der Waals surface area contributed by atoms with Crippen molar-refractivity contribution in [1.29, 1.82) is 0 Å². The fourth-order valence-corrected chi connectivity index (χ4v) is 6.46. The van der Waals surface area contributed by atoms with Gasteiger partial charge in [0.1, 0.15) is 9.84 Å². The SMILES string of the molecule is O=S1(=O)CCC(S(=O)(=O)NCC2CCC(Cl)C2)CC1. The highest BCUT2D eigenvalue weighted by atomic mass is 35.5. The smallest absolute Gasteiger partial charge is 0.214 e. The first-order valence-electron chi connectivity index (χ1n) is 6.61. The number of halogens is 1. The average molecular weight is 330 g/mol. The first-order chi connectivity index (χ1) is 8.78. The van der Waals surface area contributed by atoms with Gasteiger partial charge in [0.05, 0.1) is 16.8 Å². The second kappa shape index (κ2) is 5.87. The van der Waals surface area contributed by atoms with Crippen molar-refractivity contribution < 1.29 is 16.8 Å². The van der Waals surface area contributed by atoms with Crippen LogP contribution in [0, 0.1) is 5.92 Å². The molecular weight excluding hydrogens is 310 g/mol. The highest BCUT2D eigenvalue weighted by molar-refractivity contribution is 7.92. The summed E-state index contributed by atoms with van der Waals surface area (Å²) in [6, 6.07) is 0. The predicted molar refractivity (Wildman–Crippen MR) is 75.6 cm³/mol. The second-order valence-electron chi connectivity index (χ2n) is 5.52. The standard InChI is InChI=1S/C11H20ClNO4S2/c12-10-2-1-9(7-10)8-13-19(16,17)11-3-5-18(14,15)6-4-11/h9-11,13H,1-8H2. The largest absolute Gasteiger partial charge is 0.229 e. The van der Waals surface area contributed by atoms with Crippen molar-refractivity contribution in [3.05, 3.63) is 0 Å². The second-order valence-corrected chi connectivity index (χ2v) is 10.5. The molecule has 1 N–H and O–H groups in total. The molecule has 2 fully saturated rings. The van der Waals surface area contributed by atoms with E-state index in [1.54, 1.807) is 0 Å². The molecule has 1 saturated heterocycles. The Kier molecular flexibility index (Phi) is 4.80. The number of alkyl halides is 1. The van der Waals surface area contributed by atoms with Gasteiger partial charge >= 0.3 is 0 Å². The number of sulfonamides is 1. The Bertz CT molecular complexity index is 503. The van der Waals surface area contributed by atoms with E-state index in [0.29, 0.717) is 12.5 Å². The van der Waals surface area contributed by atoms with Crippen molar-refractivity contribution in [2.45, 2.75) is 42.7 Å². The summed E-state index contributed by atoms with van der Waals surface area (Å²) in [6.45, 7) is 0.425. The Morgan fingerprint density at radius 2 is 1.74 bits per heavy atom. The normalized spacial score (nSPS) is 32.5. The molecule has 1 aliphatic carbocycles. The first-order valence-corrected chi connectivity index (χ1v) is 10.4. The molecule has 2 atom stereocenters. The lowest BCUT2D eigenvalue weighted by molar-refractivity contribution is 0.506. The number of rotatable bonds is 4. The van der Waals surface area contributed by atoms with Crippen LogP contribution in [0.3, 0.4) is 0 Å². The topological polar surface area (TPSA) is 80.3 Å². The van der Waals surface area contributed by atoms with E-state index in [1.165, 1.54) is 0 Å². The lowest BCUT2D eigenvalue weighted by Gasteiger charge is -2.23. The minimum Gasteiger partial charge on any atom is -0.229 e. The lowest BCUT2D eigenvalue weighted by Crippen LogP contribution is -2.41. The van der Waals surface area contributed by atoms with E-state index in [4.69, 9.17) is 11.6 Å². The maximum Gasteiger partial charge on any atom is 0.214 e. The first kappa shape index (κ1) is 15.5. The van der Waals surface area contributed by atoms with Crippen molar-refractivity contribution in [3.63, 3.8) is 0 Å². The molecule has 112 valence electrons. The van der Waals surface area contributed by atoms with Crippen molar-refractivity contribution in [3.8, 4) is 0 Å². The lowest BCUT2D eigenvalue weighted by atomic mass is 10.1. The van der Waals surface area contributed by atoms with Gasteiger partial charge in [0, 0.05) is 11.9 Å². The zero-order valence-corrected chi connectivity index (χ0v) is 13.1. The predicted octanol–water partition coefficient (Wildman–Crippen LogP) is 0.891. The highest BCUT2D eigenvalue weighted by Gasteiger charge is 2.33. The van der Waals surface area contributed by atoms with E-state index in [9.17, 15) is 16.8 Å². The number of hydrogen-bond donors (Lipinski definition) is 1. The van der Waals surface area contributed by atoms with Crippen LogP contribution in [0.1, 0.15) is 32.1 Å². The molecule has 1 heterocycles. The zero-order valence-electron chi connectivity index (χ0n) is 10.7. The van der Waals surface area contributed by atoms with Crippen LogP contribution in [-0.2, 0) is 19.9 Å². The van der Waals surface area contributed by atoms with Crippen LogP contribution in [0.15, 0.2) is 0 Å². The Hall–Kier alpha value is 0.150. The minimum atomic E-state index is -3.40. The minimum absolute atomic E-state index is 0.0221. The van der Waals surface area contributed by atoms with Crippen LogP contribution in [0.25, 0.3) is 0 Å². The number of hydrogen-bond acceptors (Lipinski definition) is 4. The van der Waals surface area contributed by atoms with Crippen molar-refractivity contribution in [2.75, 3.05) is 18.1 Å². The van der Waals surface area contributed by atoms with Gasteiger partial charge in [-0.3, -0.25) is 0 Å². The fraction of sp³-hybridized carbons (Fsp3) is 1.00. The summed E-state index contributed by atoms with van der Waals surface area (Å²) in [6.07, 6.45) is 3.16. The molecule has 19 heavy (non-hydrogen) atoms. The third kappa shape index (κ3) is 4.31. The summed E-state index contributed by atoms with van der Waals surface area (Å²) in [5.74, 6) is 0.266. The molecule has 0 amide bonds. The third-order valence-electron chi connectivity index (χ3n) is 3.99. The van der Waals surface area contributed by atoms with Gasteiger partial charge in [-0.25, -0.2) is 21.6 Å². The summed E-state index contributed by atoms with van der Waals surface area (Å²) in [5, 5.41) is -0.404. The van der Waals surface area contributed by atoms with Gasteiger partial charge in [-0.2, -0.15) is 0 Å². The summed E-state index contributed by atoms with van der Waals surface area (Å²) in [5.41, 5.74) is 0. The molecule has 0 aromatic rings. The monoisotopic (exact) mass is 329 g/mol. The molecule has 5 nitrogen and oxygen atoms in total. The van der Waals surface area contributed by atoms with Crippen LogP contribution in [-0.4, -0.2) is 45.5 Å². The van der Waals surface area contributed by atoms with Crippen LogP contribution >= 0.6 is 11.6 Å². The van der Waals surface area contributed by atoms with Crippen LogP contribution in [0.4, 0.5) is 0 Å². The molecule has 0 spiro atoms. The molecule has 0 bridgehead atoms. The molecular formula is C11H20ClNO4S2. The number of sulfone groups is 1. The Morgan fingerprint density at radius 1 is 1.11 bits per heavy atom. The Morgan fingerprint density at radius 3 is 2.26 bits per heavy atom. The zero-order chi connectivity index (χ0) is 14.1. The quantitative estimate of drug-likeness (QED) is 0.777. The summed E-state index contributed by atoms with van der Waals surface area (Å²) < 4.78 is 49.4. The van der Waals surface area contributed by atoms with Crippen LogP contribution in [0.5, 0.6) is 0 Å². The van der Waals surface area contributed by atoms with E-state index in [0.717, 1.165) is 19.3 Å². The van der Waals surface area contributed by atoms with E-state index in [1.807, 2.05) is 0 Å². The van der Waals surface area contributed by atoms with Gasteiger partial charge in [-0.1, -0.05) is 0 Å². The van der Waals surface area contributed by atoms with Gasteiger partial charge in [0.15, 0.2) is 0 Å². The van der Waals surface area contributed by atoms with E-state index in [2.05, 4.69) is 4.72 Å². The van der Waals surface area contributed by atoms with Gasteiger partial charge in [-0.15, -0.1) is 11.6 Å². The molecule has 1 saturated carbocycles. The maximum absolute atomic E-state index is 12.1. The molecule has 2 aliphatic rings. The molecule has 2 unspecified atom stereocenters. The Balaban J connectivity index is 1.85. The molecule has 2 rings (SSSR count). The summed E-state index contributed by atoms with van der Waals surface area (Å²) in [4.78, 5) is 0. The van der Waals surface area contributed by atoms with Crippen LogP contribution in [0.2, 0.25) is 0 Å². The van der Waals surface area contributed by atoms with Crippen LogP contribution < -0.4 is 4.72 Å². The van der Waals surface area contributed by atoms with E-state index < -0.39 is 25.1 Å². The van der Waals surface area contributed by atoms with Gasteiger partial charge in [-0.05, 0) is 38.0 Å². The molecule has 0 aromatic carbocycles. The van der Waals surface area contributed by atoms with Crippen molar-refractivity contribution >= 4 is 31.5 Å². The van der Waals surface area contributed by atoms with E-state index in [-0.39, 0.29) is 29.7 Å². The summed E-state index contributed by atoms with van der Waals surface area (Å²) in [7, 11) is -6.42. The average Bonchev–Trinajstić information content (AvgIpc) is 2.72.